The second kappa shape index (κ2) is 8.39. The predicted octanol–water partition coefficient (Wildman–Crippen LogP) is 3.31. The van der Waals surface area contributed by atoms with Gasteiger partial charge in [0.1, 0.15) is 17.5 Å². The molecule has 3 aromatic rings. The van der Waals surface area contributed by atoms with E-state index >= 15 is 0 Å². The van der Waals surface area contributed by atoms with Crippen LogP contribution in [0, 0.1) is 11.7 Å². The molecule has 1 unspecified atom stereocenters. The van der Waals surface area contributed by atoms with E-state index in [1.54, 1.807) is 14.2 Å². The molecule has 1 fully saturated rings. The summed E-state index contributed by atoms with van der Waals surface area (Å²) in [5.74, 6) is 2.57. The topological polar surface area (TPSA) is 56.5 Å². The number of aromatic amines is 1. The van der Waals surface area contributed by atoms with Gasteiger partial charge >= 0.3 is 0 Å². The highest BCUT2D eigenvalue weighted by Gasteiger charge is 2.33. The first-order valence-corrected chi connectivity index (χ1v) is 10.3. The number of aromatic nitrogens is 3. The molecule has 2 aromatic carbocycles. The SMILES string of the molecule is COc1ccc(OC)c([C@@H]2CCC[NH+]2Cn2[nH]c(-c3ccc(C)cc3)nc2=S)c1. The largest absolute Gasteiger partial charge is 0.497 e. The van der Waals surface area contributed by atoms with Gasteiger partial charge in [-0.15, -0.1) is 0 Å². The Morgan fingerprint density at radius 3 is 2.69 bits per heavy atom. The minimum Gasteiger partial charge on any atom is -0.497 e. The molecule has 4 rings (SSSR count). The molecule has 1 aliphatic heterocycles. The Labute approximate surface area is 176 Å². The van der Waals surface area contributed by atoms with E-state index in [0.29, 0.717) is 10.8 Å². The first-order chi connectivity index (χ1) is 14.1. The summed E-state index contributed by atoms with van der Waals surface area (Å²) in [4.78, 5) is 6.01. The van der Waals surface area contributed by atoms with Crippen molar-refractivity contribution in [2.75, 3.05) is 20.8 Å². The molecular weight excluding hydrogens is 384 g/mol. The van der Waals surface area contributed by atoms with Crippen molar-refractivity contribution < 1.29 is 14.4 Å². The lowest BCUT2D eigenvalue weighted by Crippen LogP contribution is -3.09. The van der Waals surface area contributed by atoms with Crippen molar-refractivity contribution >= 4 is 12.2 Å². The maximum Gasteiger partial charge on any atom is 0.221 e. The zero-order chi connectivity index (χ0) is 20.4. The van der Waals surface area contributed by atoms with Crippen molar-refractivity contribution in [1.82, 2.24) is 14.8 Å². The molecule has 2 heterocycles. The van der Waals surface area contributed by atoms with E-state index in [4.69, 9.17) is 21.7 Å². The van der Waals surface area contributed by atoms with E-state index in [1.165, 1.54) is 16.0 Å². The van der Waals surface area contributed by atoms with Crippen molar-refractivity contribution in [3.8, 4) is 22.9 Å². The van der Waals surface area contributed by atoms with Gasteiger partial charge in [0.05, 0.1) is 26.3 Å². The van der Waals surface area contributed by atoms with Gasteiger partial charge in [-0.2, -0.15) is 4.98 Å². The molecule has 0 radical (unpaired) electrons. The average molecular weight is 412 g/mol. The van der Waals surface area contributed by atoms with Crippen LogP contribution in [0.3, 0.4) is 0 Å². The molecule has 1 aliphatic rings. The van der Waals surface area contributed by atoms with Gasteiger partial charge in [-0.25, -0.2) is 4.68 Å². The molecule has 0 bridgehead atoms. The summed E-state index contributed by atoms with van der Waals surface area (Å²) in [6.07, 6.45) is 2.26. The molecule has 6 nitrogen and oxygen atoms in total. The van der Waals surface area contributed by atoms with Crippen LogP contribution >= 0.6 is 12.2 Å². The number of likely N-dealkylation sites (tertiary alicyclic amines) is 1. The molecule has 29 heavy (non-hydrogen) atoms. The van der Waals surface area contributed by atoms with Gasteiger partial charge in [0.25, 0.3) is 0 Å². The molecule has 7 heteroatoms. The summed E-state index contributed by atoms with van der Waals surface area (Å²) in [5.41, 5.74) is 3.45. The minimum atomic E-state index is 0.327. The summed E-state index contributed by atoms with van der Waals surface area (Å²) in [7, 11) is 3.42. The van der Waals surface area contributed by atoms with Crippen molar-refractivity contribution in [3.63, 3.8) is 0 Å². The van der Waals surface area contributed by atoms with Crippen LogP contribution < -0.4 is 14.4 Å². The van der Waals surface area contributed by atoms with E-state index in [9.17, 15) is 0 Å². The standard InChI is InChI=1S/C22H26N4O2S/c1-15-6-8-16(9-7-15)21-23-22(29)26(24-21)14-25-12-4-5-19(25)18-13-17(27-2)10-11-20(18)28-3/h6-11,13,19H,4-5,12,14H2,1-3H3,(H,23,24,29)/p+1/t19-/m0/s1. The molecule has 0 amide bonds. The Hall–Kier alpha value is -2.64. The van der Waals surface area contributed by atoms with Gasteiger partial charge in [-0.05, 0) is 37.3 Å². The van der Waals surface area contributed by atoms with Crippen LogP contribution in [0.2, 0.25) is 0 Å². The number of quaternary nitrogens is 1. The normalized spacial score (nSPS) is 18.7. The van der Waals surface area contributed by atoms with Gasteiger partial charge in [0.2, 0.25) is 4.77 Å². The Morgan fingerprint density at radius 2 is 1.97 bits per heavy atom. The first-order valence-electron chi connectivity index (χ1n) is 9.89. The van der Waals surface area contributed by atoms with Gasteiger partial charge in [-0.3, -0.25) is 5.10 Å². The van der Waals surface area contributed by atoms with Gasteiger partial charge < -0.3 is 14.4 Å². The van der Waals surface area contributed by atoms with Crippen LogP contribution in [0.1, 0.15) is 30.0 Å². The van der Waals surface area contributed by atoms with Crippen molar-refractivity contribution in [1.29, 1.82) is 0 Å². The van der Waals surface area contributed by atoms with E-state index in [1.807, 2.05) is 16.8 Å². The Morgan fingerprint density at radius 1 is 1.17 bits per heavy atom. The second-order valence-electron chi connectivity index (χ2n) is 7.52. The number of H-pyrrole nitrogens is 1. The molecule has 2 atom stereocenters. The second-order valence-corrected chi connectivity index (χ2v) is 7.88. The van der Waals surface area contributed by atoms with Gasteiger partial charge in [-0.1, -0.05) is 29.8 Å². The fraction of sp³-hybridized carbons (Fsp3) is 0.364. The van der Waals surface area contributed by atoms with Crippen LogP contribution in [0.15, 0.2) is 42.5 Å². The minimum absolute atomic E-state index is 0.327. The Bertz CT molecular complexity index is 1040. The van der Waals surface area contributed by atoms with Crippen molar-refractivity contribution in [3.05, 3.63) is 58.4 Å². The van der Waals surface area contributed by atoms with Crippen LogP contribution in [0.5, 0.6) is 11.5 Å². The molecule has 1 aromatic heterocycles. The number of hydrogen-bond acceptors (Lipinski definition) is 4. The zero-order valence-corrected chi connectivity index (χ0v) is 17.9. The molecule has 0 saturated carbocycles. The Kier molecular flexibility index (Phi) is 5.69. The lowest BCUT2D eigenvalue weighted by Gasteiger charge is -2.23. The quantitative estimate of drug-likeness (QED) is 0.611. The van der Waals surface area contributed by atoms with Crippen molar-refractivity contribution in [2.24, 2.45) is 0 Å². The highest BCUT2D eigenvalue weighted by Crippen LogP contribution is 2.31. The zero-order valence-electron chi connectivity index (χ0n) is 17.1. The highest BCUT2D eigenvalue weighted by molar-refractivity contribution is 7.71. The van der Waals surface area contributed by atoms with Crippen LogP contribution in [-0.4, -0.2) is 35.5 Å². The third kappa shape index (κ3) is 4.06. The summed E-state index contributed by atoms with van der Waals surface area (Å²) >= 11 is 5.54. The monoisotopic (exact) mass is 411 g/mol. The maximum absolute atomic E-state index is 5.63. The number of ether oxygens (including phenoxy) is 2. The summed E-state index contributed by atoms with van der Waals surface area (Å²) in [6, 6.07) is 14.7. The smallest absolute Gasteiger partial charge is 0.221 e. The number of nitrogens with zero attached hydrogens (tertiary/aromatic N) is 2. The number of benzene rings is 2. The highest BCUT2D eigenvalue weighted by atomic mass is 32.1. The number of nitrogens with one attached hydrogen (secondary N) is 2. The molecule has 0 spiro atoms. The summed E-state index contributed by atoms with van der Waals surface area (Å²) in [6.45, 7) is 3.89. The lowest BCUT2D eigenvalue weighted by molar-refractivity contribution is -0.941. The maximum atomic E-state index is 5.63. The number of aryl methyl sites for hydroxylation is 1. The van der Waals surface area contributed by atoms with E-state index in [2.05, 4.69) is 47.3 Å². The van der Waals surface area contributed by atoms with E-state index in [-0.39, 0.29) is 0 Å². The fourth-order valence-electron chi connectivity index (χ4n) is 4.10. The summed E-state index contributed by atoms with van der Waals surface area (Å²) in [5, 5.41) is 3.39. The fourth-order valence-corrected chi connectivity index (χ4v) is 4.30. The first kappa shape index (κ1) is 19.7. The van der Waals surface area contributed by atoms with E-state index < -0.39 is 0 Å². The van der Waals surface area contributed by atoms with E-state index in [0.717, 1.165) is 48.9 Å². The third-order valence-corrected chi connectivity index (χ3v) is 5.97. The van der Waals surface area contributed by atoms with Crippen LogP contribution in [0.25, 0.3) is 11.4 Å². The molecule has 0 aliphatic carbocycles. The van der Waals surface area contributed by atoms with Crippen molar-refractivity contribution in [2.45, 2.75) is 32.5 Å². The number of methoxy groups -OCH3 is 2. The molecule has 152 valence electrons. The number of rotatable bonds is 6. The predicted molar refractivity (Wildman–Crippen MR) is 115 cm³/mol. The lowest BCUT2D eigenvalue weighted by atomic mass is 10.0. The molecule has 1 saturated heterocycles. The molecular formula is C22H27N4O2S+. The van der Waals surface area contributed by atoms with Gasteiger partial charge in [0.15, 0.2) is 12.5 Å². The Balaban J connectivity index is 1.60. The van der Waals surface area contributed by atoms with Crippen LogP contribution in [-0.2, 0) is 6.67 Å². The number of hydrogen-bond donors (Lipinski definition) is 2. The third-order valence-electron chi connectivity index (χ3n) is 5.66. The van der Waals surface area contributed by atoms with Gasteiger partial charge in [0, 0.05) is 18.4 Å². The average Bonchev–Trinajstić information content (AvgIpc) is 3.35. The van der Waals surface area contributed by atoms with Crippen LogP contribution in [0.4, 0.5) is 0 Å². The summed E-state index contributed by atoms with van der Waals surface area (Å²) < 4.78 is 13.6. The molecule has 2 N–H and O–H groups in total.